The third-order valence-electron chi connectivity index (χ3n) is 4.10. The molecule has 2 aliphatic heterocycles. The highest BCUT2D eigenvalue weighted by molar-refractivity contribution is 5.18. The first-order valence-electron chi connectivity index (χ1n) is 6.21. The lowest BCUT2D eigenvalue weighted by molar-refractivity contribution is 0.142. The average molecular weight is 217 g/mol. The van der Waals surface area contributed by atoms with Gasteiger partial charge in [-0.15, -0.1) is 0 Å². The minimum Gasteiger partial charge on any atom is -0.381 e. The maximum atomic E-state index is 5.52. The van der Waals surface area contributed by atoms with Crippen LogP contribution in [-0.2, 0) is 4.74 Å². The minimum absolute atomic E-state index is 0.548. The second kappa shape index (κ2) is 4.19. The molecule has 16 heavy (non-hydrogen) atoms. The molecule has 2 nitrogen and oxygen atoms in total. The van der Waals surface area contributed by atoms with Gasteiger partial charge in [0.15, 0.2) is 0 Å². The summed E-state index contributed by atoms with van der Waals surface area (Å²) in [6.45, 7) is 6.68. The summed E-state index contributed by atoms with van der Waals surface area (Å²) in [6, 6.07) is 11.4. The average Bonchev–Trinajstić information content (AvgIpc) is 2.89. The summed E-state index contributed by atoms with van der Waals surface area (Å²) >= 11 is 0. The zero-order valence-corrected chi connectivity index (χ0v) is 9.80. The summed E-state index contributed by atoms with van der Waals surface area (Å²) in [5, 5.41) is 0. The Bertz CT molecular complexity index is 339. The molecule has 3 unspecified atom stereocenters. The van der Waals surface area contributed by atoms with Crippen LogP contribution < -0.4 is 0 Å². The van der Waals surface area contributed by atoms with Crippen LogP contribution in [0.5, 0.6) is 0 Å². The van der Waals surface area contributed by atoms with Gasteiger partial charge in [-0.2, -0.15) is 0 Å². The van der Waals surface area contributed by atoms with Crippen LogP contribution in [0.2, 0.25) is 0 Å². The van der Waals surface area contributed by atoms with Crippen LogP contribution in [0.3, 0.4) is 0 Å². The number of nitrogens with zero attached hydrogens (tertiary/aromatic N) is 1. The van der Waals surface area contributed by atoms with Crippen LogP contribution in [0.4, 0.5) is 0 Å². The fourth-order valence-electron chi connectivity index (χ4n) is 2.98. The predicted molar refractivity (Wildman–Crippen MR) is 64.2 cm³/mol. The van der Waals surface area contributed by atoms with E-state index in [1.165, 1.54) is 18.7 Å². The van der Waals surface area contributed by atoms with Crippen molar-refractivity contribution in [2.75, 3.05) is 26.3 Å². The largest absolute Gasteiger partial charge is 0.381 e. The van der Waals surface area contributed by atoms with Gasteiger partial charge in [-0.05, 0) is 12.5 Å². The number of hydrogen-bond donors (Lipinski definition) is 0. The molecular weight excluding hydrogens is 198 g/mol. The Balaban J connectivity index is 1.71. The zero-order chi connectivity index (χ0) is 11.0. The van der Waals surface area contributed by atoms with Crippen LogP contribution in [0.25, 0.3) is 0 Å². The van der Waals surface area contributed by atoms with Gasteiger partial charge in [0.05, 0.1) is 13.2 Å². The number of ether oxygens (including phenoxy) is 1. The van der Waals surface area contributed by atoms with Crippen molar-refractivity contribution in [3.05, 3.63) is 35.9 Å². The first kappa shape index (κ1) is 10.3. The molecule has 1 aromatic rings. The number of likely N-dealkylation sites (tertiary alicyclic amines) is 1. The van der Waals surface area contributed by atoms with Gasteiger partial charge in [0.2, 0.25) is 0 Å². The van der Waals surface area contributed by atoms with E-state index in [-0.39, 0.29) is 0 Å². The summed E-state index contributed by atoms with van der Waals surface area (Å²) < 4.78 is 5.52. The lowest BCUT2D eigenvalue weighted by Crippen LogP contribution is -2.26. The van der Waals surface area contributed by atoms with Crippen LogP contribution in [-0.4, -0.2) is 31.2 Å². The van der Waals surface area contributed by atoms with Crippen molar-refractivity contribution in [3.63, 3.8) is 0 Å². The van der Waals surface area contributed by atoms with E-state index >= 15 is 0 Å². The molecule has 2 aliphatic rings. The van der Waals surface area contributed by atoms with Crippen LogP contribution in [0.1, 0.15) is 18.5 Å². The van der Waals surface area contributed by atoms with Crippen LogP contribution >= 0.6 is 0 Å². The Morgan fingerprint density at radius 3 is 2.38 bits per heavy atom. The van der Waals surface area contributed by atoms with Gasteiger partial charge >= 0.3 is 0 Å². The lowest BCUT2D eigenvalue weighted by Gasteiger charge is -2.25. The lowest BCUT2D eigenvalue weighted by atomic mass is 10.0. The van der Waals surface area contributed by atoms with Crippen molar-refractivity contribution < 1.29 is 4.74 Å². The Morgan fingerprint density at radius 2 is 1.75 bits per heavy atom. The maximum Gasteiger partial charge on any atom is 0.0510 e. The van der Waals surface area contributed by atoms with E-state index in [1.807, 2.05) is 0 Å². The summed E-state index contributed by atoms with van der Waals surface area (Å²) in [5.41, 5.74) is 1.43. The van der Waals surface area contributed by atoms with Crippen molar-refractivity contribution in [3.8, 4) is 0 Å². The first-order valence-corrected chi connectivity index (χ1v) is 6.21. The van der Waals surface area contributed by atoms with Crippen molar-refractivity contribution in [2.45, 2.75) is 13.0 Å². The van der Waals surface area contributed by atoms with Crippen LogP contribution in [0, 0.1) is 11.8 Å². The Labute approximate surface area is 97.2 Å². The van der Waals surface area contributed by atoms with Crippen molar-refractivity contribution in [1.29, 1.82) is 0 Å². The predicted octanol–water partition coefficient (Wildman–Crippen LogP) is 2.33. The van der Waals surface area contributed by atoms with Gasteiger partial charge in [-0.3, -0.25) is 4.90 Å². The molecule has 86 valence electrons. The van der Waals surface area contributed by atoms with Crippen LogP contribution in [0.15, 0.2) is 30.3 Å². The summed E-state index contributed by atoms with van der Waals surface area (Å²) in [6.07, 6.45) is 0. The van der Waals surface area contributed by atoms with Crippen molar-refractivity contribution in [2.24, 2.45) is 11.8 Å². The highest BCUT2D eigenvalue weighted by Crippen LogP contribution is 2.34. The molecule has 2 fully saturated rings. The van der Waals surface area contributed by atoms with Gasteiger partial charge in [-0.25, -0.2) is 0 Å². The molecule has 0 N–H and O–H groups in total. The number of hydrogen-bond acceptors (Lipinski definition) is 2. The van der Waals surface area contributed by atoms with E-state index in [0.29, 0.717) is 6.04 Å². The molecular formula is C14H19NO. The highest BCUT2D eigenvalue weighted by atomic mass is 16.5. The monoisotopic (exact) mass is 217 g/mol. The molecule has 3 atom stereocenters. The molecule has 0 saturated carbocycles. The van der Waals surface area contributed by atoms with Gasteiger partial charge in [0, 0.05) is 31.0 Å². The molecule has 3 rings (SSSR count). The molecule has 0 aliphatic carbocycles. The molecule has 2 heteroatoms. The second-order valence-electron chi connectivity index (χ2n) is 5.10. The topological polar surface area (TPSA) is 12.5 Å². The number of fused-ring (bicyclic) bond motifs is 1. The molecule has 2 saturated heterocycles. The van der Waals surface area contributed by atoms with E-state index in [9.17, 15) is 0 Å². The highest BCUT2D eigenvalue weighted by Gasteiger charge is 2.38. The standard InChI is InChI=1S/C14H19NO/c1-11(12-5-3-2-4-6-12)15-7-13-9-16-10-14(13)8-15/h2-6,11,13-14H,7-10H2,1H3. The second-order valence-corrected chi connectivity index (χ2v) is 5.10. The van der Waals surface area contributed by atoms with Gasteiger partial charge in [0.1, 0.15) is 0 Å². The van der Waals surface area contributed by atoms with Gasteiger partial charge in [-0.1, -0.05) is 30.3 Å². The third-order valence-corrected chi connectivity index (χ3v) is 4.10. The van der Waals surface area contributed by atoms with E-state index < -0.39 is 0 Å². The first-order chi connectivity index (χ1) is 7.84. The quantitative estimate of drug-likeness (QED) is 0.754. The molecule has 0 aromatic heterocycles. The molecule has 0 radical (unpaired) electrons. The molecule has 0 bridgehead atoms. The van der Waals surface area contributed by atoms with E-state index in [2.05, 4.69) is 42.2 Å². The smallest absolute Gasteiger partial charge is 0.0510 e. The molecule has 0 spiro atoms. The van der Waals surface area contributed by atoms with E-state index in [1.54, 1.807) is 0 Å². The van der Waals surface area contributed by atoms with Crippen molar-refractivity contribution in [1.82, 2.24) is 4.90 Å². The Hall–Kier alpha value is -0.860. The Morgan fingerprint density at radius 1 is 1.12 bits per heavy atom. The van der Waals surface area contributed by atoms with Gasteiger partial charge < -0.3 is 4.74 Å². The van der Waals surface area contributed by atoms with E-state index in [4.69, 9.17) is 4.74 Å². The number of benzene rings is 1. The normalized spacial score (nSPS) is 31.6. The molecule has 2 heterocycles. The summed E-state index contributed by atoms with van der Waals surface area (Å²) in [4.78, 5) is 2.60. The third kappa shape index (κ3) is 1.76. The SMILES string of the molecule is CC(c1ccccc1)N1CC2COCC2C1. The fourth-order valence-corrected chi connectivity index (χ4v) is 2.98. The summed E-state index contributed by atoms with van der Waals surface area (Å²) in [5.74, 6) is 1.57. The minimum atomic E-state index is 0.548. The van der Waals surface area contributed by atoms with Gasteiger partial charge in [0.25, 0.3) is 0 Å². The van der Waals surface area contributed by atoms with Crippen molar-refractivity contribution >= 4 is 0 Å². The molecule has 1 aromatic carbocycles. The Kier molecular flexibility index (Phi) is 2.70. The van der Waals surface area contributed by atoms with E-state index in [0.717, 1.165) is 25.0 Å². The maximum absolute atomic E-state index is 5.52. The fraction of sp³-hybridized carbons (Fsp3) is 0.571. The summed E-state index contributed by atoms with van der Waals surface area (Å²) in [7, 11) is 0. The zero-order valence-electron chi connectivity index (χ0n) is 9.80. The molecule has 0 amide bonds. The number of rotatable bonds is 2.